The summed E-state index contributed by atoms with van der Waals surface area (Å²) in [5.41, 5.74) is 4.34. The van der Waals surface area contributed by atoms with Crippen LogP contribution >= 0.6 is 0 Å². The molecule has 1 saturated carbocycles. The van der Waals surface area contributed by atoms with Crippen molar-refractivity contribution in [1.82, 2.24) is 4.98 Å². The number of rotatable bonds is 5. The topological polar surface area (TPSA) is 42.4 Å². The van der Waals surface area contributed by atoms with Gasteiger partial charge in [0.2, 0.25) is 0 Å². The second-order valence-corrected chi connectivity index (χ2v) is 7.17. The Balaban J connectivity index is 1.38. The van der Waals surface area contributed by atoms with Gasteiger partial charge in [-0.2, -0.15) is 0 Å². The van der Waals surface area contributed by atoms with Gasteiger partial charge in [-0.15, -0.1) is 0 Å². The van der Waals surface area contributed by atoms with Gasteiger partial charge in [-0.1, -0.05) is 23.8 Å². The van der Waals surface area contributed by atoms with E-state index in [1.807, 2.05) is 19.1 Å². The van der Waals surface area contributed by atoms with Gasteiger partial charge in [0.05, 0.1) is 6.61 Å². The van der Waals surface area contributed by atoms with Gasteiger partial charge < -0.3 is 9.64 Å². The van der Waals surface area contributed by atoms with E-state index in [0.717, 1.165) is 35.3 Å². The zero-order valence-corrected chi connectivity index (χ0v) is 14.4. The van der Waals surface area contributed by atoms with Crippen molar-refractivity contribution in [3.63, 3.8) is 0 Å². The fourth-order valence-electron chi connectivity index (χ4n) is 3.84. The fourth-order valence-corrected chi connectivity index (χ4v) is 3.84. The molecule has 2 unspecified atom stereocenters. The van der Waals surface area contributed by atoms with Crippen LogP contribution < -0.4 is 4.90 Å². The number of fused-ring (bicyclic) bond motifs is 1. The number of aromatic nitrogens is 1. The van der Waals surface area contributed by atoms with E-state index in [9.17, 15) is 4.79 Å². The molecule has 2 atom stereocenters. The van der Waals surface area contributed by atoms with Crippen molar-refractivity contribution < 1.29 is 9.53 Å². The van der Waals surface area contributed by atoms with Crippen LogP contribution in [0.2, 0.25) is 0 Å². The van der Waals surface area contributed by atoms with Crippen LogP contribution in [-0.2, 0) is 16.0 Å². The van der Waals surface area contributed by atoms with E-state index in [4.69, 9.17) is 9.72 Å². The number of hydrogen-bond donors (Lipinski definition) is 0. The maximum atomic E-state index is 11.8. The lowest BCUT2D eigenvalue weighted by Gasteiger charge is -2.20. The van der Waals surface area contributed by atoms with Crippen molar-refractivity contribution in [3.8, 4) is 0 Å². The van der Waals surface area contributed by atoms with Gasteiger partial charge in [-0.25, -0.2) is 9.78 Å². The molecule has 1 aliphatic heterocycles. The van der Waals surface area contributed by atoms with Crippen LogP contribution in [0.15, 0.2) is 35.4 Å². The second-order valence-electron chi connectivity index (χ2n) is 7.17. The molecule has 0 N–H and O–H groups in total. The van der Waals surface area contributed by atoms with E-state index in [-0.39, 0.29) is 5.97 Å². The van der Waals surface area contributed by atoms with Gasteiger partial charge in [0, 0.05) is 30.8 Å². The molecule has 1 saturated heterocycles. The summed E-state index contributed by atoms with van der Waals surface area (Å²) < 4.78 is 5.07. The molecule has 1 aromatic rings. The Morgan fingerprint density at radius 1 is 1.29 bits per heavy atom. The molecule has 3 aliphatic rings. The molecule has 0 amide bonds. The molecular formula is C20H24N2O2. The predicted octanol–water partition coefficient (Wildman–Crippen LogP) is 3.21. The van der Waals surface area contributed by atoms with Crippen LogP contribution in [-0.4, -0.2) is 30.6 Å². The van der Waals surface area contributed by atoms with Crippen molar-refractivity contribution in [2.75, 3.05) is 24.6 Å². The summed E-state index contributed by atoms with van der Waals surface area (Å²) in [7, 11) is 0. The summed E-state index contributed by atoms with van der Waals surface area (Å²) in [4.78, 5) is 19.0. The first kappa shape index (κ1) is 15.4. The highest BCUT2D eigenvalue weighted by Crippen LogP contribution is 2.46. The molecule has 4 heteroatoms. The van der Waals surface area contributed by atoms with Gasteiger partial charge in [0.1, 0.15) is 5.82 Å². The monoisotopic (exact) mass is 324 g/mol. The van der Waals surface area contributed by atoms with Gasteiger partial charge in [-0.3, -0.25) is 0 Å². The minimum atomic E-state index is -0.193. The highest BCUT2D eigenvalue weighted by atomic mass is 16.5. The summed E-state index contributed by atoms with van der Waals surface area (Å²) in [6.07, 6.45) is 6.89. The minimum Gasteiger partial charge on any atom is -0.463 e. The largest absolute Gasteiger partial charge is 0.463 e. The van der Waals surface area contributed by atoms with Crippen LogP contribution in [0, 0.1) is 18.8 Å². The third-order valence-electron chi connectivity index (χ3n) is 5.38. The Kier molecular flexibility index (Phi) is 3.91. The lowest BCUT2D eigenvalue weighted by molar-refractivity contribution is -0.138. The van der Waals surface area contributed by atoms with Gasteiger partial charge >= 0.3 is 5.97 Å². The highest BCUT2D eigenvalue weighted by molar-refractivity contribution is 5.90. The zero-order chi connectivity index (χ0) is 16.7. The number of allylic oxidation sites excluding steroid dienone is 3. The minimum absolute atomic E-state index is 0.193. The standard InChI is InChI=1S/C20H24N2O2/c1-3-24-20(23)16-5-4-14(9-16)8-15-6-7-19(21-13(15)2)22-11-17-10-18(17)12-22/h4-7,17-18H,3,8-12H2,1-2H3. The maximum Gasteiger partial charge on any atom is 0.334 e. The number of carbonyl (C=O) groups is 1. The third kappa shape index (κ3) is 2.97. The Hall–Kier alpha value is -2.10. The van der Waals surface area contributed by atoms with E-state index >= 15 is 0 Å². The molecular weight excluding hydrogens is 300 g/mol. The molecule has 0 bridgehead atoms. The van der Waals surface area contributed by atoms with Crippen molar-refractivity contribution in [1.29, 1.82) is 0 Å². The van der Waals surface area contributed by atoms with E-state index in [0.29, 0.717) is 13.0 Å². The molecule has 2 heterocycles. The first-order chi connectivity index (χ1) is 11.6. The number of carbonyl (C=O) groups excluding carboxylic acids is 1. The fraction of sp³-hybridized carbons (Fsp3) is 0.500. The number of nitrogens with zero attached hydrogens (tertiary/aromatic N) is 2. The number of aryl methyl sites for hydroxylation is 1. The molecule has 4 nitrogen and oxygen atoms in total. The van der Waals surface area contributed by atoms with Gasteiger partial charge in [0.25, 0.3) is 0 Å². The Bertz CT molecular complexity index is 725. The molecule has 24 heavy (non-hydrogen) atoms. The van der Waals surface area contributed by atoms with Crippen LogP contribution in [0.4, 0.5) is 5.82 Å². The molecule has 126 valence electrons. The molecule has 2 aliphatic carbocycles. The first-order valence-electron chi connectivity index (χ1n) is 8.91. The normalized spacial score (nSPS) is 24.5. The SMILES string of the molecule is CCOC(=O)C1=CC=C(Cc2ccc(N3CC4CC4C3)nc2C)C1. The van der Waals surface area contributed by atoms with E-state index in [2.05, 4.69) is 24.0 Å². The molecule has 2 fully saturated rings. The summed E-state index contributed by atoms with van der Waals surface area (Å²) in [6, 6.07) is 4.35. The third-order valence-corrected chi connectivity index (χ3v) is 5.38. The number of pyridine rings is 1. The zero-order valence-electron chi connectivity index (χ0n) is 14.4. The van der Waals surface area contributed by atoms with Crippen molar-refractivity contribution in [3.05, 3.63) is 46.7 Å². The lowest BCUT2D eigenvalue weighted by atomic mass is 10.0. The maximum absolute atomic E-state index is 11.8. The van der Waals surface area contributed by atoms with E-state index < -0.39 is 0 Å². The summed E-state index contributed by atoms with van der Waals surface area (Å²) >= 11 is 0. The number of esters is 1. The summed E-state index contributed by atoms with van der Waals surface area (Å²) in [5, 5.41) is 0. The van der Waals surface area contributed by atoms with Crippen molar-refractivity contribution in [2.24, 2.45) is 11.8 Å². The Morgan fingerprint density at radius 2 is 2.08 bits per heavy atom. The molecule has 0 spiro atoms. The van der Waals surface area contributed by atoms with Crippen molar-refractivity contribution >= 4 is 11.8 Å². The Labute approximate surface area is 143 Å². The van der Waals surface area contributed by atoms with Crippen molar-refractivity contribution in [2.45, 2.75) is 33.1 Å². The van der Waals surface area contributed by atoms with Crippen LogP contribution in [0.5, 0.6) is 0 Å². The predicted molar refractivity (Wildman–Crippen MR) is 93.9 cm³/mol. The smallest absolute Gasteiger partial charge is 0.334 e. The van der Waals surface area contributed by atoms with E-state index in [1.54, 1.807) is 0 Å². The number of ether oxygens (including phenoxy) is 1. The van der Waals surface area contributed by atoms with Gasteiger partial charge in [-0.05, 0) is 50.2 Å². The average Bonchev–Trinajstić information content (AvgIpc) is 2.98. The van der Waals surface area contributed by atoms with E-state index in [1.165, 1.54) is 30.6 Å². The Morgan fingerprint density at radius 3 is 2.79 bits per heavy atom. The first-order valence-corrected chi connectivity index (χ1v) is 8.91. The number of anilines is 1. The summed E-state index contributed by atoms with van der Waals surface area (Å²) in [5.74, 6) is 2.77. The van der Waals surface area contributed by atoms with Crippen LogP contribution in [0.3, 0.4) is 0 Å². The molecule has 4 rings (SSSR count). The number of piperidine rings is 1. The molecule has 0 radical (unpaired) electrons. The molecule has 0 aromatic carbocycles. The molecule has 1 aromatic heterocycles. The summed E-state index contributed by atoms with van der Waals surface area (Å²) in [6.45, 7) is 6.70. The second kappa shape index (κ2) is 6.08. The van der Waals surface area contributed by atoms with Crippen LogP contribution in [0.1, 0.15) is 31.0 Å². The van der Waals surface area contributed by atoms with Crippen LogP contribution in [0.25, 0.3) is 0 Å². The van der Waals surface area contributed by atoms with Gasteiger partial charge in [0.15, 0.2) is 0 Å². The number of hydrogen-bond acceptors (Lipinski definition) is 4. The quantitative estimate of drug-likeness (QED) is 0.780. The highest BCUT2D eigenvalue weighted by Gasteiger charge is 2.45. The lowest BCUT2D eigenvalue weighted by Crippen LogP contribution is -2.23. The average molecular weight is 324 g/mol.